The van der Waals surface area contributed by atoms with E-state index in [9.17, 15) is 9.59 Å². The Kier molecular flexibility index (Phi) is 4.54. The lowest BCUT2D eigenvalue weighted by Gasteiger charge is -1.99. The highest BCUT2D eigenvalue weighted by molar-refractivity contribution is 5.95. The van der Waals surface area contributed by atoms with Gasteiger partial charge >= 0.3 is 5.97 Å². The van der Waals surface area contributed by atoms with E-state index in [2.05, 4.69) is 0 Å². The van der Waals surface area contributed by atoms with Crippen molar-refractivity contribution in [3.8, 4) is 0 Å². The van der Waals surface area contributed by atoms with Gasteiger partial charge in [0.05, 0.1) is 0 Å². The zero-order chi connectivity index (χ0) is 11.1. The molecule has 80 valence electrons. The average molecular weight is 206 g/mol. The quantitative estimate of drug-likeness (QED) is 0.574. The van der Waals surface area contributed by atoms with Crippen LogP contribution in [0, 0.1) is 0 Å². The summed E-state index contributed by atoms with van der Waals surface area (Å²) in [6.07, 6.45) is 1.77. The number of carbonyl (C=O) groups excluding carboxylic acids is 1. The van der Waals surface area contributed by atoms with Gasteiger partial charge in [0.25, 0.3) is 0 Å². The number of benzene rings is 1. The zero-order valence-electron chi connectivity index (χ0n) is 8.48. The fourth-order valence-corrected chi connectivity index (χ4v) is 1.33. The molecule has 0 aromatic heterocycles. The van der Waals surface area contributed by atoms with Gasteiger partial charge in [-0.3, -0.25) is 9.59 Å². The normalized spacial score (nSPS) is 9.87. The minimum Gasteiger partial charge on any atom is -0.481 e. The van der Waals surface area contributed by atoms with E-state index in [0.717, 1.165) is 0 Å². The highest BCUT2D eigenvalue weighted by atomic mass is 16.4. The van der Waals surface area contributed by atoms with Crippen LogP contribution in [0.3, 0.4) is 0 Å². The third kappa shape index (κ3) is 4.40. The molecular weight excluding hydrogens is 192 g/mol. The second kappa shape index (κ2) is 5.96. The van der Waals surface area contributed by atoms with E-state index in [1.807, 2.05) is 18.2 Å². The molecule has 1 aromatic carbocycles. The van der Waals surface area contributed by atoms with E-state index >= 15 is 0 Å². The highest BCUT2D eigenvalue weighted by Crippen LogP contribution is 2.07. The number of aliphatic carboxylic acids is 1. The molecule has 3 heteroatoms. The van der Waals surface area contributed by atoms with Crippen LogP contribution in [0.25, 0.3) is 0 Å². The average Bonchev–Trinajstić information content (AvgIpc) is 2.25. The first-order valence-corrected chi connectivity index (χ1v) is 5.00. The number of carboxylic acids is 1. The summed E-state index contributed by atoms with van der Waals surface area (Å²) in [5, 5.41) is 8.41. The van der Waals surface area contributed by atoms with E-state index in [1.165, 1.54) is 0 Å². The van der Waals surface area contributed by atoms with E-state index in [1.54, 1.807) is 12.1 Å². The second-order valence-electron chi connectivity index (χ2n) is 3.39. The summed E-state index contributed by atoms with van der Waals surface area (Å²) in [6.45, 7) is 0. The zero-order valence-corrected chi connectivity index (χ0v) is 8.48. The molecule has 0 bridgehead atoms. The summed E-state index contributed by atoms with van der Waals surface area (Å²) in [7, 11) is 0. The van der Waals surface area contributed by atoms with Gasteiger partial charge in [-0.15, -0.1) is 0 Å². The van der Waals surface area contributed by atoms with Crippen molar-refractivity contribution in [3.05, 3.63) is 35.9 Å². The Morgan fingerprint density at radius 3 is 2.20 bits per heavy atom. The molecule has 15 heavy (non-hydrogen) atoms. The van der Waals surface area contributed by atoms with Gasteiger partial charge in [-0.25, -0.2) is 0 Å². The van der Waals surface area contributed by atoms with Gasteiger partial charge in [0.15, 0.2) is 5.78 Å². The molecule has 0 amide bonds. The Morgan fingerprint density at radius 1 is 1.00 bits per heavy atom. The fraction of sp³-hybridized carbons (Fsp3) is 0.333. The number of hydrogen-bond donors (Lipinski definition) is 1. The number of carboxylic acid groups (broad SMARTS) is 1. The highest BCUT2D eigenvalue weighted by Gasteiger charge is 2.04. The van der Waals surface area contributed by atoms with Crippen molar-refractivity contribution in [2.45, 2.75) is 25.7 Å². The van der Waals surface area contributed by atoms with Crippen molar-refractivity contribution in [1.29, 1.82) is 0 Å². The summed E-state index contributed by atoms with van der Waals surface area (Å²) in [5.74, 6) is -0.719. The predicted octanol–water partition coefficient (Wildman–Crippen LogP) is 2.51. The molecule has 0 aliphatic heterocycles. The molecule has 1 aromatic rings. The van der Waals surface area contributed by atoms with E-state index in [-0.39, 0.29) is 12.2 Å². The Hall–Kier alpha value is -1.64. The third-order valence-electron chi connectivity index (χ3n) is 2.14. The van der Waals surface area contributed by atoms with Gasteiger partial charge in [0, 0.05) is 18.4 Å². The van der Waals surface area contributed by atoms with Crippen molar-refractivity contribution in [2.24, 2.45) is 0 Å². The molecule has 0 spiro atoms. The lowest BCUT2D eigenvalue weighted by molar-refractivity contribution is -0.137. The molecule has 0 radical (unpaired) electrons. The van der Waals surface area contributed by atoms with Crippen LogP contribution in [-0.4, -0.2) is 16.9 Å². The minimum atomic E-state index is -0.804. The summed E-state index contributed by atoms with van der Waals surface area (Å²) in [5.41, 5.74) is 0.702. The monoisotopic (exact) mass is 206 g/mol. The van der Waals surface area contributed by atoms with Crippen LogP contribution < -0.4 is 0 Å². The number of rotatable bonds is 6. The van der Waals surface area contributed by atoms with Crippen LogP contribution in [0.2, 0.25) is 0 Å². The minimum absolute atomic E-state index is 0.0842. The van der Waals surface area contributed by atoms with E-state index < -0.39 is 5.97 Å². The molecule has 0 heterocycles. The molecule has 3 nitrogen and oxygen atoms in total. The Labute approximate surface area is 88.7 Å². The van der Waals surface area contributed by atoms with Gasteiger partial charge in [0.2, 0.25) is 0 Å². The molecular formula is C12H14O3. The third-order valence-corrected chi connectivity index (χ3v) is 2.14. The van der Waals surface area contributed by atoms with Gasteiger partial charge in [0.1, 0.15) is 0 Å². The summed E-state index contributed by atoms with van der Waals surface area (Å²) in [6, 6.07) is 9.06. The fourth-order valence-electron chi connectivity index (χ4n) is 1.33. The molecule has 1 N–H and O–H groups in total. The Balaban J connectivity index is 2.28. The van der Waals surface area contributed by atoms with Crippen molar-refractivity contribution in [3.63, 3.8) is 0 Å². The van der Waals surface area contributed by atoms with Crippen molar-refractivity contribution < 1.29 is 14.7 Å². The van der Waals surface area contributed by atoms with Crippen LogP contribution in [0.4, 0.5) is 0 Å². The van der Waals surface area contributed by atoms with Gasteiger partial charge in [-0.1, -0.05) is 30.3 Å². The number of Topliss-reactive ketones (excluding diaryl/α,β-unsaturated/α-hetero) is 1. The topological polar surface area (TPSA) is 54.4 Å². The SMILES string of the molecule is O=C(O)CCCCC(=O)c1ccccc1. The Bertz CT molecular complexity index is 330. The maximum atomic E-state index is 11.5. The summed E-state index contributed by atoms with van der Waals surface area (Å²) < 4.78 is 0. The van der Waals surface area contributed by atoms with Gasteiger partial charge in [-0.05, 0) is 12.8 Å². The van der Waals surface area contributed by atoms with Crippen LogP contribution in [0.15, 0.2) is 30.3 Å². The van der Waals surface area contributed by atoms with Crippen LogP contribution in [0.5, 0.6) is 0 Å². The van der Waals surface area contributed by atoms with E-state index in [4.69, 9.17) is 5.11 Å². The summed E-state index contributed by atoms with van der Waals surface area (Å²) >= 11 is 0. The number of ketones is 1. The van der Waals surface area contributed by atoms with Crippen LogP contribution >= 0.6 is 0 Å². The molecule has 1 rings (SSSR count). The lowest BCUT2D eigenvalue weighted by Crippen LogP contribution is -2.00. The molecule has 0 atom stereocenters. The van der Waals surface area contributed by atoms with Crippen molar-refractivity contribution in [1.82, 2.24) is 0 Å². The van der Waals surface area contributed by atoms with E-state index in [0.29, 0.717) is 24.8 Å². The Morgan fingerprint density at radius 2 is 1.60 bits per heavy atom. The second-order valence-corrected chi connectivity index (χ2v) is 3.39. The maximum Gasteiger partial charge on any atom is 0.303 e. The smallest absolute Gasteiger partial charge is 0.303 e. The lowest BCUT2D eigenvalue weighted by atomic mass is 10.1. The first-order valence-electron chi connectivity index (χ1n) is 5.00. The maximum absolute atomic E-state index is 11.5. The largest absolute Gasteiger partial charge is 0.481 e. The first kappa shape index (κ1) is 11.4. The van der Waals surface area contributed by atoms with Crippen LogP contribution in [-0.2, 0) is 4.79 Å². The molecule has 0 aliphatic carbocycles. The number of unbranched alkanes of at least 4 members (excludes halogenated alkanes) is 1. The number of hydrogen-bond acceptors (Lipinski definition) is 2. The molecule has 0 fully saturated rings. The molecule has 0 saturated heterocycles. The van der Waals surface area contributed by atoms with Crippen molar-refractivity contribution >= 4 is 11.8 Å². The van der Waals surface area contributed by atoms with Gasteiger partial charge in [-0.2, -0.15) is 0 Å². The standard InChI is InChI=1S/C12H14O3/c13-11(8-4-5-9-12(14)15)10-6-2-1-3-7-10/h1-3,6-7H,4-5,8-9H2,(H,14,15). The van der Waals surface area contributed by atoms with Crippen molar-refractivity contribution in [2.75, 3.05) is 0 Å². The first-order chi connectivity index (χ1) is 7.20. The molecule has 0 aliphatic rings. The summed E-state index contributed by atoms with van der Waals surface area (Å²) in [4.78, 5) is 21.8. The predicted molar refractivity (Wildman–Crippen MR) is 56.9 cm³/mol. The van der Waals surface area contributed by atoms with Crippen LogP contribution in [0.1, 0.15) is 36.0 Å². The van der Waals surface area contributed by atoms with Gasteiger partial charge < -0.3 is 5.11 Å². The molecule has 0 unspecified atom stereocenters. The number of carbonyl (C=O) groups is 2. The molecule has 0 saturated carbocycles.